The van der Waals surface area contributed by atoms with Gasteiger partial charge in [-0.3, -0.25) is 9.59 Å². The number of likely N-dealkylation sites (N-methyl/N-ethyl adjacent to an activating group) is 1. The lowest BCUT2D eigenvalue weighted by Gasteiger charge is -2.32. The predicted octanol–water partition coefficient (Wildman–Crippen LogP) is 1.11. The van der Waals surface area contributed by atoms with E-state index in [1.165, 1.54) is 0 Å². The smallest absolute Gasteiger partial charge is 0.308 e. The molecule has 3 rings (SSSR count). The van der Waals surface area contributed by atoms with Crippen molar-refractivity contribution < 1.29 is 14.7 Å². The second-order valence-electron chi connectivity index (χ2n) is 7.66. The van der Waals surface area contributed by atoms with Crippen LogP contribution >= 0.6 is 0 Å². The molecule has 8 nitrogen and oxygen atoms in total. The first-order chi connectivity index (χ1) is 12.9. The summed E-state index contributed by atoms with van der Waals surface area (Å²) in [7, 11) is 2.09. The highest BCUT2D eigenvalue weighted by atomic mass is 16.4. The Hall–Kier alpha value is -2.22. The topological polar surface area (TPSA) is 89.9 Å². The van der Waals surface area contributed by atoms with Crippen molar-refractivity contribution in [3.8, 4) is 0 Å². The van der Waals surface area contributed by atoms with Gasteiger partial charge in [-0.05, 0) is 26.3 Å². The molecule has 148 valence electrons. The van der Waals surface area contributed by atoms with E-state index in [-0.39, 0.29) is 18.4 Å². The Balaban J connectivity index is 1.72. The highest BCUT2D eigenvalue weighted by Gasteiger charge is 2.39. The fourth-order valence-electron chi connectivity index (χ4n) is 3.97. The van der Waals surface area contributed by atoms with E-state index in [2.05, 4.69) is 26.8 Å². The molecule has 2 fully saturated rings. The van der Waals surface area contributed by atoms with Crippen LogP contribution in [0.2, 0.25) is 0 Å². The van der Waals surface area contributed by atoms with E-state index in [1.54, 1.807) is 11.1 Å². The molecule has 1 N–H and O–H groups in total. The summed E-state index contributed by atoms with van der Waals surface area (Å²) in [5.41, 5.74) is 1.11. The van der Waals surface area contributed by atoms with Gasteiger partial charge in [-0.15, -0.1) is 0 Å². The van der Waals surface area contributed by atoms with Gasteiger partial charge in [-0.25, -0.2) is 9.97 Å². The van der Waals surface area contributed by atoms with Gasteiger partial charge in [0.05, 0.1) is 17.2 Å². The van der Waals surface area contributed by atoms with E-state index in [1.807, 2.05) is 13.8 Å². The van der Waals surface area contributed by atoms with Crippen LogP contribution in [0.4, 0.5) is 5.95 Å². The van der Waals surface area contributed by atoms with Gasteiger partial charge in [0, 0.05) is 45.5 Å². The second-order valence-corrected chi connectivity index (χ2v) is 7.66. The predicted molar refractivity (Wildman–Crippen MR) is 102 cm³/mol. The number of carboxylic acid groups (broad SMARTS) is 1. The van der Waals surface area contributed by atoms with Crippen LogP contribution in [0.25, 0.3) is 0 Å². The van der Waals surface area contributed by atoms with Crippen LogP contribution in [0.15, 0.2) is 6.20 Å². The summed E-state index contributed by atoms with van der Waals surface area (Å²) < 4.78 is 0. The maximum Gasteiger partial charge on any atom is 0.308 e. The number of rotatable bonds is 5. The minimum atomic E-state index is -0.817. The third-order valence-electron chi connectivity index (χ3n) is 5.69. The number of carbonyl (C=O) groups is 2. The number of hydrogen-bond acceptors (Lipinski definition) is 6. The van der Waals surface area contributed by atoms with Gasteiger partial charge < -0.3 is 19.8 Å². The van der Waals surface area contributed by atoms with Crippen LogP contribution in [0.1, 0.15) is 35.8 Å². The highest BCUT2D eigenvalue weighted by Crippen LogP contribution is 2.29. The van der Waals surface area contributed by atoms with Gasteiger partial charge in [0.15, 0.2) is 0 Å². The minimum absolute atomic E-state index is 0.0160. The fraction of sp³-hybridized carbons (Fsp3) is 0.684. The Kier molecular flexibility index (Phi) is 5.94. The van der Waals surface area contributed by atoms with Gasteiger partial charge in [0.25, 0.3) is 5.91 Å². The number of hydrogen-bond donors (Lipinski definition) is 1. The van der Waals surface area contributed by atoms with E-state index in [0.717, 1.165) is 39.0 Å². The van der Waals surface area contributed by atoms with Crippen LogP contribution in [0.3, 0.4) is 0 Å². The molecular weight excluding hydrogens is 346 g/mol. The normalized spacial score (nSPS) is 23.7. The number of nitrogens with zero attached hydrogens (tertiary/aromatic N) is 5. The first-order valence-corrected chi connectivity index (χ1v) is 9.70. The quantitative estimate of drug-likeness (QED) is 0.824. The molecule has 2 saturated heterocycles. The molecule has 2 aliphatic rings. The molecule has 3 heterocycles. The summed E-state index contributed by atoms with van der Waals surface area (Å²) in [6.07, 6.45) is 3.33. The summed E-state index contributed by atoms with van der Waals surface area (Å²) in [5.74, 6) is -0.794. The molecule has 0 aliphatic carbocycles. The number of anilines is 1. The van der Waals surface area contributed by atoms with Crippen LogP contribution in [0, 0.1) is 18.8 Å². The van der Waals surface area contributed by atoms with E-state index in [4.69, 9.17) is 0 Å². The van der Waals surface area contributed by atoms with Crippen molar-refractivity contribution in [2.75, 3.05) is 51.2 Å². The fourth-order valence-corrected chi connectivity index (χ4v) is 3.97. The van der Waals surface area contributed by atoms with Crippen molar-refractivity contribution in [2.24, 2.45) is 11.8 Å². The van der Waals surface area contributed by atoms with E-state index >= 15 is 0 Å². The van der Waals surface area contributed by atoms with Crippen molar-refractivity contribution >= 4 is 17.8 Å². The Morgan fingerprint density at radius 1 is 1.22 bits per heavy atom. The summed E-state index contributed by atoms with van der Waals surface area (Å²) >= 11 is 0. The van der Waals surface area contributed by atoms with Gasteiger partial charge in [0.1, 0.15) is 0 Å². The molecule has 8 heteroatoms. The van der Waals surface area contributed by atoms with Gasteiger partial charge >= 0.3 is 5.97 Å². The van der Waals surface area contributed by atoms with Crippen molar-refractivity contribution in [1.82, 2.24) is 19.8 Å². The summed E-state index contributed by atoms with van der Waals surface area (Å²) in [6.45, 7) is 8.28. The zero-order valence-electron chi connectivity index (χ0n) is 16.4. The number of piperazine rings is 1. The lowest BCUT2D eigenvalue weighted by Crippen LogP contribution is -2.45. The summed E-state index contributed by atoms with van der Waals surface area (Å²) in [5, 5.41) is 9.46. The zero-order valence-corrected chi connectivity index (χ0v) is 16.4. The van der Waals surface area contributed by atoms with Crippen molar-refractivity contribution in [1.29, 1.82) is 0 Å². The van der Waals surface area contributed by atoms with Gasteiger partial charge in [0.2, 0.25) is 5.95 Å². The molecule has 27 heavy (non-hydrogen) atoms. The third-order valence-corrected chi connectivity index (χ3v) is 5.69. The summed E-state index contributed by atoms with van der Waals surface area (Å²) in [6, 6.07) is 0. The molecule has 2 atom stereocenters. The maximum absolute atomic E-state index is 12.9. The lowest BCUT2D eigenvalue weighted by atomic mass is 9.92. The van der Waals surface area contributed by atoms with E-state index < -0.39 is 11.9 Å². The van der Waals surface area contributed by atoms with Gasteiger partial charge in [-0.2, -0.15) is 0 Å². The summed E-state index contributed by atoms with van der Waals surface area (Å²) in [4.78, 5) is 39.5. The van der Waals surface area contributed by atoms with Crippen LogP contribution < -0.4 is 4.90 Å². The van der Waals surface area contributed by atoms with Crippen molar-refractivity contribution in [2.45, 2.75) is 26.7 Å². The van der Waals surface area contributed by atoms with Crippen molar-refractivity contribution in [3.63, 3.8) is 0 Å². The lowest BCUT2D eigenvalue weighted by molar-refractivity contribution is -0.142. The molecule has 0 spiro atoms. The SMILES string of the molecule is CCC[C@@H]1CN(C(=O)c2cnc(N3CCN(C)CC3)nc2C)C[C@H]1C(=O)O. The number of carboxylic acids is 1. The van der Waals surface area contributed by atoms with Gasteiger partial charge in [-0.1, -0.05) is 13.3 Å². The number of aliphatic carboxylic acids is 1. The largest absolute Gasteiger partial charge is 0.481 e. The molecular formula is C19H29N5O3. The highest BCUT2D eigenvalue weighted by molar-refractivity contribution is 5.95. The molecule has 1 aromatic heterocycles. The molecule has 1 aromatic rings. The van der Waals surface area contributed by atoms with Crippen LogP contribution in [-0.2, 0) is 4.79 Å². The first kappa shape index (κ1) is 19.5. The van der Waals surface area contributed by atoms with Crippen LogP contribution in [-0.4, -0.2) is 83.1 Å². The average Bonchev–Trinajstić information content (AvgIpc) is 3.06. The standard InChI is InChI=1S/C19H29N5O3/c1-4-5-14-11-24(12-16(14)18(26)27)17(25)15-10-20-19(21-13(15)2)23-8-6-22(3)7-9-23/h10,14,16H,4-9,11-12H2,1-3H3,(H,26,27)/t14-,16-/m1/s1. The molecule has 1 amide bonds. The molecule has 0 bridgehead atoms. The molecule has 0 unspecified atom stereocenters. The first-order valence-electron chi connectivity index (χ1n) is 9.70. The molecule has 0 radical (unpaired) electrons. The number of aryl methyl sites for hydroxylation is 1. The minimum Gasteiger partial charge on any atom is -0.481 e. The van der Waals surface area contributed by atoms with E-state index in [0.29, 0.717) is 23.8 Å². The Morgan fingerprint density at radius 2 is 1.93 bits per heavy atom. The monoisotopic (exact) mass is 375 g/mol. The zero-order chi connectivity index (χ0) is 19.6. The third kappa shape index (κ3) is 4.21. The second kappa shape index (κ2) is 8.21. The molecule has 0 aromatic carbocycles. The average molecular weight is 375 g/mol. The van der Waals surface area contributed by atoms with Crippen molar-refractivity contribution in [3.05, 3.63) is 17.5 Å². The number of amides is 1. The van der Waals surface area contributed by atoms with E-state index in [9.17, 15) is 14.7 Å². The number of likely N-dealkylation sites (tertiary alicyclic amines) is 1. The van der Waals surface area contributed by atoms with Crippen LogP contribution in [0.5, 0.6) is 0 Å². The maximum atomic E-state index is 12.9. The molecule has 2 aliphatic heterocycles. The number of aromatic nitrogens is 2. The number of carbonyl (C=O) groups excluding carboxylic acids is 1. The Labute approximate surface area is 160 Å². The Bertz CT molecular complexity index is 703. The molecule has 0 saturated carbocycles. The Morgan fingerprint density at radius 3 is 2.52 bits per heavy atom.